The summed E-state index contributed by atoms with van der Waals surface area (Å²) >= 11 is 0. The van der Waals surface area contributed by atoms with E-state index in [1.165, 1.54) is 64.3 Å². The second-order valence-corrected chi connectivity index (χ2v) is 6.71. The Morgan fingerprint density at radius 3 is 2.24 bits per heavy atom. The Balaban J connectivity index is 1.49. The average Bonchev–Trinajstić information content (AvgIpc) is 2.69. The number of nitrogens with zero attached hydrogens (tertiary/aromatic N) is 1. The third kappa shape index (κ3) is 2.85. The van der Waals surface area contributed by atoms with Gasteiger partial charge < -0.3 is 10.2 Å². The quantitative estimate of drug-likeness (QED) is 0.810. The molecule has 0 aromatic rings. The molecule has 3 fully saturated rings. The van der Waals surface area contributed by atoms with E-state index in [2.05, 4.69) is 17.3 Å². The molecule has 0 aromatic carbocycles. The fourth-order valence-corrected chi connectivity index (χ4v) is 4.31. The van der Waals surface area contributed by atoms with Crippen LogP contribution in [0, 0.1) is 5.92 Å². The van der Waals surface area contributed by atoms with Gasteiger partial charge in [-0.2, -0.15) is 0 Å². The Kier molecular flexibility index (Phi) is 3.72. The van der Waals surface area contributed by atoms with Gasteiger partial charge in [0.2, 0.25) is 0 Å². The maximum Gasteiger partial charge on any atom is 0.0122 e. The lowest BCUT2D eigenvalue weighted by Crippen LogP contribution is -2.48. The molecule has 1 N–H and O–H groups in total. The van der Waals surface area contributed by atoms with E-state index < -0.39 is 0 Å². The normalized spacial score (nSPS) is 38.8. The number of hydrogen-bond donors (Lipinski definition) is 1. The third-order valence-electron chi connectivity index (χ3n) is 5.34. The maximum atomic E-state index is 3.75. The summed E-state index contributed by atoms with van der Waals surface area (Å²) in [6, 6.07) is 2.55. The van der Waals surface area contributed by atoms with Gasteiger partial charge in [0, 0.05) is 24.7 Å². The summed E-state index contributed by atoms with van der Waals surface area (Å²) in [5.74, 6) is 1.00. The molecule has 2 unspecified atom stereocenters. The van der Waals surface area contributed by atoms with Crippen LogP contribution >= 0.6 is 0 Å². The summed E-state index contributed by atoms with van der Waals surface area (Å²) in [6.07, 6.45) is 13.1. The number of fused-ring (bicyclic) bond motifs is 2. The summed E-state index contributed by atoms with van der Waals surface area (Å²) in [5, 5.41) is 3.75. The summed E-state index contributed by atoms with van der Waals surface area (Å²) in [7, 11) is 2.38. The van der Waals surface area contributed by atoms with Crippen molar-refractivity contribution in [2.75, 3.05) is 13.6 Å². The zero-order valence-electron chi connectivity index (χ0n) is 11.3. The van der Waals surface area contributed by atoms with Crippen molar-refractivity contribution < 1.29 is 0 Å². The molecular formula is C15H28N2. The molecule has 17 heavy (non-hydrogen) atoms. The molecule has 2 bridgehead atoms. The van der Waals surface area contributed by atoms with E-state index in [1.54, 1.807) is 0 Å². The van der Waals surface area contributed by atoms with Crippen molar-refractivity contribution in [2.45, 2.75) is 75.9 Å². The maximum absolute atomic E-state index is 3.75. The van der Waals surface area contributed by atoms with E-state index in [-0.39, 0.29) is 0 Å². The minimum atomic E-state index is 0.840. The molecule has 98 valence electrons. The van der Waals surface area contributed by atoms with Crippen molar-refractivity contribution in [3.63, 3.8) is 0 Å². The van der Waals surface area contributed by atoms with Crippen LogP contribution in [0.5, 0.6) is 0 Å². The first-order valence-electron chi connectivity index (χ1n) is 7.77. The second kappa shape index (κ2) is 5.27. The highest BCUT2D eigenvalue weighted by Gasteiger charge is 2.35. The first-order valence-corrected chi connectivity index (χ1v) is 7.77. The van der Waals surface area contributed by atoms with E-state index in [0.717, 1.165) is 24.0 Å². The molecule has 3 aliphatic rings. The van der Waals surface area contributed by atoms with Gasteiger partial charge in [-0.15, -0.1) is 0 Å². The van der Waals surface area contributed by atoms with Crippen molar-refractivity contribution in [1.82, 2.24) is 10.2 Å². The van der Waals surface area contributed by atoms with Gasteiger partial charge in [0.05, 0.1) is 0 Å². The Morgan fingerprint density at radius 1 is 0.941 bits per heavy atom. The lowest BCUT2D eigenvalue weighted by atomic mass is 9.88. The summed E-state index contributed by atoms with van der Waals surface area (Å²) in [4.78, 5) is 2.70. The van der Waals surface area contributed by atoms with Crippen LogP contribution < -0.4 is 5.32 Å². The van der Waals surface area contributed by atoms with Gasteiger partial charge in [-0.1, -0.05) is 19.3 Å². The standard InChI is InChI=1S/C15H28N2/c1-17(11-12-5-3-2-4-6-12)15-9-13-7-8-14(10-15)16-13/h12-16H,2-11H2,1H3. The van der Waals surface area contributed by atoms with Crippen LogP contribution in [0.1, 0.15) is 57.8 Å². The van der Waals surface area contributed by atoms with E-state index in [0.29, 0.717) is 0 Å². The first kappa shape index (κ1) is 12.0. The number of rotatable bonds is 3. The van der Waals surface area contributed by atoms with E-state index in [1.807, 2.05) is 0 Å². The Labute approximate surface area is 106 Å². The largest absolute Gasteiger partial charge is 0.311 e. The molecule has 2 heterocycles. The van der Waals surface area contributed by atoms with Gasteiger partial charge in [0.15, 0.2) is 0 Å². The van der Waals surface area contributed by atoms with Crippen LogP contribution in [0.2, 0.25) is 0 Å². The van der Waals surface area contributed by atoms with Crippen LogP contribution in [-0.2, 0) is 0 Å². The van der Waals surface area contributed by atoms with Crippen LogP contribution in [-0.4, -0.2) is 36.6 Å². The topological polar surface area (TPSA) is 15.3 Å². The van der Waals surface area contributed by atoms with Crippen molar-refractivity contribution in [2.24, 2.45) is 5.92 Å². The van der Waals surface area contributed by atoms with E-state index in [9.17, 15) is 0 Å². The van der Waals surface area contributed by atoms with Gasteiger partial charge in [-0.25, -0.2) is 0 Å². The van der Waals surface area contributed by atoms with Crippen LogP contribution in [0.15, 0.2) is 0 Å². The number of hydrogen-bond acceptors (Lipinski definition) is 2. The fraction of sp³-hybridized carbons (Fsp3) is 1.00. The Bertz CT molecular complexity index is 235. The van der Waals surface area contributed by atoms with E-state index in [4.69, 9.17) is 0 Å². The summed E-state index contributed by atoms with van der Waals surface area (Å²) in [5.41, 5.74) is 0. The van der Waals surface area contributed by atoms with Crippen molar-refractivity contribution in [3.8, 4) is 0 Å². The van der Waals surface area contributed by atoms with Gasteiger partial charge in [0.25, 0.3) is 0 Å². The number of piperidine rings is 1. The van der Waals surface area contributed by atoms with Gasteiger partial charge >= 0.3 is 0 Å². The van der Waals surface area contributed by atoms with Crippen molar-refractivity contribution in [3.05, 3.63) is 0 Å². The monoisotopic (exact) mass is 236 g/mol. The molecule has 2 atom stereocenters. The predicted octanol–water partition coefficient (Wildman–Crippen LogP) is 2.78. The van der Waals surface area contributed by atoms with Crippen LogP contribution in [0.4, 0.5) is 0 Å². The molecule has 0 aromatic heterocycles. The molecule has 1 aliphatic carbocycles. The highest BCUT2D eigenvalue weighted by Crippen LogP contribution is 2.31. The van der Waals surface area contributed by atoms with Gasteiger partial charge in [0.1, 0.15) is 0 Å². The second-order valence-electron chi connectivity index (χ2n) is 6.71. The summed E-state index contributed by atoms with van der Waals surface area (Å²) < 4.78 is 0. The fourth-order valence-electron chi connectivity index (χ4n) is 4.31. The molecule has 0 spiro atoms. The zero-order valence-corrected chi connectivity index (χ0v) is 11.3. The molecule has 0 radical (unpaired) electrons. The molecule has 2 saturated heterocycles. The molecule has 2 heteroatoms. The van der Waals surface area contributed by atoms with Crippen LogP contribution in [0.25, 0.3) is 0 Å². The average molecular weight is 236 g/mol. The Hall–Kier alpha value is -0.0800. The minimum absolute atomic E-state index is 0.840. The molecule has 0 amide bonds. The highest BCUT2D eigenvalue weighted by molar-refractivity contribution is 4.95. The lowest BCUT2D eigenvalue weighted by molar-refractivity contribution is 0.138. The lowest BCUT2D eigenvalue weighted by Gasteiger charge is -2.38. The van der Waals surface area contributed by atoms with Gasteiger partial charge in [-0.3, -0.25) is 0 Å². The highest BCUT2D eigenvalue weighted by atomic mass is 15.2. The number of nitrogens with one attached hydrogen (secondary N) is 1. The van der Waals surface area contributed by atoms with Crippen LogP contribution in [0.3, 0.4) is 0 Å². The third-order valence-corrected chi connectivity index (χ3v) is 5.34. The molecule has 1 saturated carbocycles. The van der Waals surface area contributed by atoms with Crippen molar-refractivity contribution in [1.29, 1.82) is 0 Å². The van der Waals surface area contributed by atoms with E-state index >= 15 is 0 Å². The first-order chi connectivity index (χ1) is 8.31. The Morgan fingerprint density at radius 2 is 1.59 bits per heavy atom. The minimum Gasteiger partial charge on any atom is -0.311 e. The van der Waals surface area contributed by atoms with Crippen molar-refractivity contribution >= 4 is 0 Å². The predicted molar refractivity (Wildman–Crippen MR) is 72.2 cm³/mol. The summed E-state index contributed by atoms with van der Waals surface area (Å²) in [6.45, 7) is 1.37. The smallest absolute Gasteiger partial charge is 0.0122 e. The molecule has 2 aliphatic heterocycles. The molecule has 2 nitrogen and oxygen atoms in total. The SMILES string of the molecule is CN(CC1CCCCC1)C1CC2CCC(C1)N2. The molecular weight excluding hydrogens is 208 g/mol. The zero-order chi connectivity index (χ0) is 11.7. The molecule has 3 rings (SSSR count). The van der Waals surface area contributed by atoms with Gasteiger partial charge in [-0.05, 0) is 51.5 Å².